The molecule has 1 rings (SSSR count). The van der Waals surface area contributed by atoms with Crippen LogP contribution in [0.2, 0.25) is 0 Å². The number of hydrogen-bond donors (Lipinski definition) is 1. The first kappa shape index (κ1) is 17.4. The molecule has 20 heavy (non-hydrogen) atoms. The van der Waals surface area contributed by atoms with Gasteiger partial charge in [-0.25, -0.2) is 0 Å². The van der Waals surface area contributed by atoms with E-state index in [1.54, 1.807) is 0 Å². The molecule has 1 heterocycles. The van der Waals surface area contributed by atoms with Crippen molar-refractivity contribution in [2.75, 3.05) is 39.3 Å². The van der Waals surface area contributed by atoms with Crippen LogP contribution in [0.25, 0.3) is 0 Å². The Hall–Kier alpha value is -0.610. The highest BCUT2D eigenvalue weighted by atomic mass is 16.2. The van der Waals surface area contributed by atoms with Crippen LogP contribution in [0.5, 0.6) is 0 Å². The summed E-state index contributed by atoms with van der Waals surface area (Å²) in [6, 6.07) is 0. The van der Waals surface area contributed by atoms with E-state index in [0.717, 1.165) is 65.0 Å². The molecule has 1 aliphatic heterocycles. The summed E-state index contributed by atoms with van der Waals surface area (Å²) in [7, 11) is 0. The molecule has 1 fully saturated rings. The fraction of sp³-hybridized carbons (Fsp3) is 0.938. The summed E-state index contributed by atoms with van der Waals surface area (Å²) >= 11 is 0. The van der Waals surface area contributed by atoms with Crippen LogP contribution in [0, 0.1) is 5.92 Å². The number of hydrogen-bond acceptors (Lipinski definition) is 3. The largest absolute Gasteiger partial charge is 0.341 e. The highest BCUT2D eigenvalue weighted by Gasteiger charge is 2.22. The van der Waals surface area contributed by atoms with Gasteiger partial charge in [0.05, 0.1) is 0 Å². The van der Waals surface area contributed by atoms with Crippen LogP contribution < -0.4 is 5.73 Å². The van der Waals surface area contributed by atoms with Gasteiger partial charge < -0.3 is 15.5 Å². The van der Waals surface area contributed by atoms with Crippen molar-refractivity contribution in [3.8, 4) is 0 Å². The van der Waals surface area contributed by atoms with Crippen molar-refractivity contribution in [3.63, 3.8) is 0 Å². The molecule has 0 radical (unpaired) electrons. The van der Waals surface area contributed by atoms with E-state index in [1.807, 2.05) is 0 Å². The predicted molar refractivity (Wildman–Crippen MR) is 84.6 cm³/mol. The van der Waals surface area contributed by atoms with Gasteiger partial charge in [0.1, 0.15) is 0 Å². The van der Waals surface area contributed by atoms with Crippen molar-refractivity contribution >= 4 is 5.91 Å². The normalized spacial score (nSPS) is 18.9. The van der Waals surface area contributed by atoms with E-state index >= 15 is 0 Å². The fourth-order valence-corrected chi connectivity index (χ4v) is 2.94. The second kappa shape index (κ2) is 10.2. The average Bonchev–Trinajstić information content (AvgIpc) is 2.68. The number of carbonyl (C=O) groups excluding carboxylic acids is 1. The zero-order valence-electron chi connectivity index (χ0n) is 13.4. The summed E-state index contributed by atoms with van der Waals surface area (Å²) in [6.45, 7) is 10.2. The topological polar surface area (TPSA) is 49.6 Å². The van der Waals surface area contributed by atoms with Gasteiger partial charge in [-0.1, -0.05) is 26.7 Å². The molecular weight excluding hydrogens is 250 g/mol. The van der Waals surface area contributed by atoms with Crippen molar-refractivity contribution in [1.29, 1.82) is 0 Å². The number of carbonyl (C=O) groups is 1. The minimum absolute atomic E-state index is 0.191. The Kier molecular flexibility index (Phi) is 8.86. The first-order valence-electron chi connectivity index (χ1n) is 8.40. The second-order valence-corrected chi connectivity index (χ2v) is 6.06. The lowest BCUT2D eigenvalue weighted by Crippen LogP contribution is -2.38. The first-order valence-corrected chi connectivity index (χ1v) is 8.40. The van der Waals surface area contributed by atoms with Gasteiger partial charge in [0.2, 0.25) is 5.91 Å². The number of unbranched alkanes of at least 4 members (excludes halogenated alkanes) is 2. The summed E-state index contributed by atoms with van der Waals surface area (Å²) in [4.78, 5) is 16.9. The third-order valence-electron chi connectivity index (χ3n) is 4.22. The van der Waals surface area contributed by atoms with Crippen molar-refractivity contribution in [2.45, 2.75) is 52.4 Å². The molecule has 0 bridgehead atoms. The number of rotatable bonds is 8. The van der Waals surface area contributed by atoms with Crippen molar-refractivity contribution in [3.05, 3.63) is 0 Å². The second-order valence-electron chi connectivity index (χ2n) is 6.06. The van der Waals surface area contributed by atoms with Gasteiger partial charge in [0, 0.05) is 25.6 Å². The van der Waals surface area contributed by atoms with Gasteiger partial charge in [0.25, 0.3) is 0 Å². The van der Waals surface area contributed by atoms with Crippen LogP contribution >= 0.6 is 0 Å². The first-order chi connectivity index (χ1) is 9.69. The summed E-state index contributed by atoms with van der Waals surface area (Å²) in [5, 5.41) is 0. The van der Waals surface area contributed by atoms with Gasteiger partial charge in [-0.2, -0.15) is 0 Å². The average molecular weight is 283 g/mol. The quantitative estimate of drug-likeness (QED) is 0.694. The zero-order chi connectivity index (χ0) is 14.8. The van der Waals surface area contributed by atoms with Gasteiger partial charge >= 0.3 is 0 Å². The summed E-state index contributed by atoms with van der Waals surface area (Å²) in [6.07, 6.45) is 6.81. The summed E-state index contributed by atoms with van der Waals surface area (Å²) in [5.41, 5.74) is 5.52. The Morgan fingerprint density at radius 1 is 1.15 bits per heavy atom. The monoisotopic (exact) mass is 283 g/mol. The van der Waals surface area contributed by atoms with Gasteiger partial charge in [-0.15, -0.1) is 0 Å². The lowest BCUT2D eigenvalue weighted by atomic mass is 10.0. The SMILES string of the molecule is CCCC(C)C(=O)N1CCCN(CCCCCN)CC1. The van der Waals surface area contributed by atoms with E-state index in [9.17, 15) is 4.79 Å². The molecule has 1 atom stereocenters. The van der Waals surface area contributed by atoms with Crippen molar-refractivity contribution < 1.29 is 4.79 Å². The highest BCUT2D eigenvalue weighted by molar-refractivity contribution is 5.78. The molecule has 4 nitrogen and oxygen atoms in total. The number of nitrogens with two attached hydrogens (primary N) is 1. The molecule has 1 saturated heterocycles. The fourth-order valence-electron chi connectivity index (χ4n) is 2.94. The Morgan fingerprint density at radius 2 is 1.95 bits per heavy atom. The van der Waals surface area contributed by atoms with Crippen LogP contribution in [0.1, 0.15) is 52.4 Å². The van der Waals surface area contributed by atoms with Crippen LogP contribution in [0.3, 0.4) is 0 Å². The Labute approximate surface area is 124 Å². The third kappa shape index (κ3) is 6.23. The molecule has 0 aromatic carbocycles. The van der Waals surface area contributed by atoms with Crippen LogP contribution in [0.4, 0.5) is 0 Å². The molecule has 2 N–H and O–H groups in total. The maximum Gasteiger partial charge on any atom is 0.225 e. The number of amides is 1. The maximum absolute atomic E-state index is 12.3. The lowest BCUT2D eigenvalue weighted by Gasteiger charge is -2.24. The summed E-state index contributed by atoms with van der Waals surface area (Å²) in [5.74, 6) is 0.549. The molecule has 1 aliphatic rings. The Balaban J connectivity index is 2.29. The Morgan fingerprint density at radius 3 is 2.65 bits per heavy atom. The molecule has 118 valence electrons. The molecule has 0 aliphatic carbocycles. The molecule has 0 saturated carbocycles. The third-order valence-corrected chi connectivity index (χ3v) is 4.22. The molecule has 0 aromatic rings. The Bertz CT molecular complexity index is 270. The number of nitrogens with zero attached hydrogens (tertiary/aromatic N) is 2. The smallest absolute Gasteiger partial charge is 0.225 e. The van der Waals surface area contributed by atoms with Gasteiger partial charge in [-0.3, -0.25) is 4.79 Å². The minimum Gasteiger partial charge on any atom is -0.341 e. The highest BCUT2D eigenvalue weighted by Crippen LogP contribution is 2.12. The van der Waals surface area contributed by atoms with Crippen molar-refractivity contribution in [1.82, 2.24) is 9.80 Å². The van der Waals surface area contributed by atoms with Crippen LogP contribution in [-0.4, -0.2) is 55.0 Å². The summed E-state index contributed by atoms with van der Waals surface area (Å²) < 4.78 is 0. The van der Waals surface area contributed by atoms with Gasteiger partial charge in [0.15, 0.2) is 0 Å². The molecule has 1 amide bonds. The van der Waals surface area contributed by atoms with E-state index in [-0.39, 0.29) is 5.92 Å². The minimum atomic E-state index is 0.191. The standard InChI is InChI=1S/C16H33N3O/c1-3-8-15(2)16(20)19-12-7-11-18(13-14-19)10-6-4-5-9-17/h15H,3-14,17H2,1-2H3. The van der Waals surface area contributed by atoms with Crippen LogP contribution in [-0.2, 0) is 4.79 Å². The van der Waals surface area contributed by atoms with Crippen molar-refractivity contribution in [2.24, 2.45) is 11.7 Å². The van der Waals surface area contributed by atoms with E-state index in [4.69, 9.17) is 5.73 Å². The maximum atomic E-state index is 12.3. The van der Waals surface area contributed by atoms with E-state index in [0.29, 0.717) is 5.91 Å². The van der Waals surface area contributed by atoms with E-state index in [2.05, 4.69) is 23.6 Å². The molecular formula is C16H33N3O. The van der Waals surface area contributed by atoms with Crippen LogP contribution in [0.15, 0.2) is 0 Å². The lowest BCUT2D eigenvalue weighted by molar-refractivity contribution is -0.135. The molecule has 0 aromatic heterocycles. The van der Waals surface area contributed by atoms with Gasteiger partial charge in [-0.05, 0) is 45.3 Å². The van der Waals surface area contributed by atoms with E-state index in [1.165, 1.54) is 12.8 Å². The zero-order valence-corrected chi connectivity index (χ0v) is 13.4. The molecule has 0 spiro atoms. The molecule has 1 unspecified atom stereocenters. The predicted octanol–water partition coefficient (Wildman–Crippen LogP) is 2.09. The molecule has 4 heteroatoms. The van der Waals surface area contributed by atoms with E-state index < -0.39 is 0 Å².